The first-order chi connectivity index (χ1) is 15.7. The van der Waals surface area contributed by atoms with Crippen molar-refractivity contribution in [2.24, 2.45) is 0 Å². The van der Waals surface area contributed by atoms with E-state index < -0.39 is 41.1 Å². The molecule has 1 N–H and O–H groups in total. The molecular weight excluding hydrogens is 440 g/mol. The van der Waals surface area contributed by atoms with Crippen molar-refractivity contribution in [2.45, 2.75) is 56.6 Å². The van der Waals surface area contributed by atoms with Crippen LogP contribution in [-0.2, 0) is 22.3 Å². The number of rotatable bonds is 4. The van der Waals surface area contributed by atoms with Gasteiger partial charge in [0.15, 0.2) is 0 Å². The van der Waals surface area contributed by atoms with Crippen LogP contribution in [0.25, 0.3) is 0 Å². The van der Waals surface area contributed by atoms with Crippen molar-refractivity contribution in [1.29, 1.82) is 0 Å². The first-order valence-electron chi connectivity index (χ1n) is 10.9. The van der Waals surface area contributed by atoms with Gasteiger partial charge in [-0.3, -0.25) is 14.5 Å². The van der Waals surface area contributed by atoms with Crippen LogP contribution in [0.1, 0.15) is 53.6 Å². The fourth-order valence-corrected chi connectivity index (χ4v) is 4.55. The van der Waals surface area contributed by atoms with Crippen LogP contribution >= 0.6 is 0 Å². The van der Waals surface area contributed by atoms with Crippen LogP contribution in [0.4, 0.5) is 17.6 Å². The number of amides is 2. The minimum absolute atomic E-state index is 0.0323. The molecule has 2 amide bonds. The van der Waals surface area contributed by atoms with Crippen molar-refractivity contribution in [2.75, 3.05) is 6.61 Å². The van der Waals surface area contributed by atoms with Crippen molar-refractivity contribution < 1.29 is 31.9 Å². The summed E-state index contributed by atoms with van der Waals surface area (Å²) in [4.78, 5) is 27.9. The molecule has 2 aromatic rings. The number of ether oxygens (including phenoxy) is 1. The summed E-state index contributed by atoms with van der Waals surface area (Å²) < 4.78 is 58.7. The second kappa shape index (κ2) is 9.13. The fourth-order valence-electron chi connectivity index (χ4n) is 4.55. The number of hydrogen-bond donors (Lipinski definition) is 1. The van der Waals surface area contributed by atoms with Gasteiger partial charge >= 0.3 is 6.18 Å². The van der Waals surface area contributed by atoms with E-state index in [1.807, 2.05) is 0 Å². The Morgan fingerprint density at radius 3 is 2.33 bits per heavy atom. The van der Waals surface area contributed by atoms with Gasteiger partial charge < -0.3 is 10.1 Å². The first kappa shape index (κ1) is 23.2. The number of nitrogens with zero attached hydrogens (tertiary/aromatic N) is 1. The molecule has 1 aliphatic heterocycles. The minimum Gasteiger partial charge on any atom is -0.353 e. The smallest absolute Gasteiger partial charge is 0.353 e. The number of hydrogen-bond acceptors (Lipinski definition) is 3. The molecule has 2 aromatic carbocycles. The Kier molecular flexibility index (Phi) is 6.43. The van der Waals surface area contributed by atoms with E-state index in [0.717, 1.165) is 43.5 Å². The van der Waals surface area contributed by atoms with Crippen LogP contribution in [0.5, 0.6) is 0 Å². The molecule has 33 heavy (non-hydrogen) atoms. The molecule has 0 bridgehead atoms. The average Bonchev–Trinajstić information content (AvgIpc) is 3.16. The molecule has 0 aromatic heterocycles. The average molecular weight is 464 g/mol. The molecule has 2 fully saturated rings. The summed E-state index contributed by atoms with van der Waals surface area (Å²) in [6.45, 7) is -0.0905. The highest BCUT2D eigenvalue weighted by atomic mass is 19.4. The number of carbonyl (C=O) groups excluding carboxylic acids is 2. The molecule has 1 saturated carbocycles. The third-order valence-electron chi connectivity index (χ3n) is 6.29. The Hall–Kier alpha value is -2.94. The summed E-state index contributed by atoms with van der Waals surface area (Å²) >= 11 is 0. The van der Waals surface area contributed by atoms with Crippen LogP contribution in [-0.4, -0.2) is 35.1 Å². The predicted molar refractivity (Wildman–Crippen MR) is 111 cm³/mol. The van der Waals surface area contributed by atoms with Gasteiger partial charge in [0.1, 0.15) is 17.6 Å². The lowest BCUT2D eigenvalue weighted by Gasteiger charge is -2.41. The fraction of sp³-hybridized carbons (Fsp3) is 0.417. The van der Waals surface area contributed by atoms with E-state index >= 15 is 0 Å². The van der Waals surface area contributed by atoms with Gasteiger partial charge in [0.05, 0.1) is 12.2 Å². The highest BCUT2D eigenvalue weighted by Crippen LogP contribution is 2.41. The molecular formula is C24H24F4N2O3. The van der Waals surface area contributed by atoms with Crippen molar-refractivity contribution in [3.63, 3.8) is 0 Å². The number of nitrogens with one attached hydrogen (secondary N) is 1. The lowest BCUT2D eigenvalue weighted by molar-refractivity contribution is -0.137. The van der Waals surface area contributed by atoms with Crippen molar-refractivity contribution in [1.82, 2.24) is 10.2 Å². The van der Waals surface area contributed by atoms with Gasteiger partial charge in [-0.15, -0.1) is 0 Å². The highest BCUT2D eigenvalue weighted by Gasteiger charge is 2.53. The highest BCUT2D eigenvalue weighted by molar-refractivity contribution is 5.98. The summed E-state index contributed by atoms with van der Waals surface area (Å²) in [5.41, 5.74) is -1.48. The zero-order valence-electron chi connectivity index (χ0n) is 17.8. The van der Waals surface area contributed by atoms with Crippen molar-refractivity contribution >= 4 is 11.8 Å². The lowest BCUT2D eigenvalue weighted by Crippen LogP contribution is -2.56. The van der Waals surface area contributed by atoms with E-state index in [4.69, 9.17) is 4.74 Å². The summed E-state index contributed by atoms with van der Waals surface area (Å²) in [6.07, 6.45) is -0.858. The Bertz CT molecular complexity index is 1020. The van der Waals surface area contributed by atoms with Gasteiger partial charge in [-0.1, -0.05) is 24.6 Å². The monoisotopic (exact) mass is 464 g/mol. The van der Waals surface area contributed by atoms with Crippen LogP contribution in [0.3, 0.4) is 0 Å². The SMILES string of the molecule is O=C(NCc1ccccc1F)[C@H]1COC2(CCCCC2)N1C(=O)c1ccc(C(F)(F)F)cc1. The standard InChI is InChI=1S/C24H24F4N2O3/c25-19-7-3-2-6-17(19)14-29-21(31)20-15-33-23(12-4-1-5-13-23)30(20)22(32)16-8-10-18(11-9-16)24(26,27)28/h2-3,6-11,20H,1,4-5,12-15H2,(H,29,31)/t20-/m1/s1. The first-order valence-corrected chi connectivity index (χ1v) is 10.9. The summed E-state index contributed by atoms with van der Waals surface area (Å²) in [5.74, 6) is -1.52. The van der Waals surface area contributed by atoms with Crippen LogP contribution in [0.15, 0.2) is 48.5 Å². The maximum Gasteiger partial charge on any atom is 0.416 e. The molecule has 2 aliphatic rings. The Balaban J connectivity index is 1.58. The van der Waals surface area contributed by atoms with Gasteiger partial charge in [-0.2, -0.15) is 13.2 Å². The molecule has 176 valence electrons. The van der Waals surface area contributed by atoms with E-state index in [1.54, 1.807) is 18.2 Å². The number of carbonyl (C=O) groups is 2. The van der Waals surface area contributed by atoms with Gasteiger partial charge in [-0.25, -0.2) is 4.39 Å². The van der Waals surface area contributed by atoms with E-state index in [0.29, 0.717) is 18.4 Å². The molecule has 1 aliphatic carbocycles. The van der Waals surface area contributed by atoms with Gasteiger partial charge in [-0.05, 0) is 56.0 Å². The number of benzene rings is 2. The van der Waals surface area contributed by atoms with Crippen LogP contribution in [0, 0.1) is 5.82 Å². The quantitative estimate of drug-likeness (QED) is 0.670. The second-order valence-corrected chi connectivity index (χ2v) is 8.39. The summed E-state index contributed by atoms with van der Waals surface area (Å²) in [6, 6.07) is 9.01. The molecule has 1 saturated heterocycles. The maximum absolute atomic E-state index is 13.9. The van der Waals surface area contributed by atoms with E-state index in [1.165, 1.54) is 11.0 Å². The molecule has 9 heteroatoms. The minimum atomic E-state index is -4.52. The third-order valence-corrected chi connectivity index (χ3v) is 6.29. The summed E-state index contributed by atoms with van der Waals surface area (Å²) in [7, 11) is 0. The number of halogens is 4. The topological polar surface area (TPSA) is 58.6 Å². The zero-order chi connectivity index (χ0) is 23.6. The van der Waals surface area contributed by atoms with Crippen molar-refractivity contribution in [3.8, 4) is 0 Å². The molecule has 5 nitrogen and oxygen atoms in total. The van der Waals surface area contributed by atoms with E-state index in [2.05, 4.69) is 5.32 Å². The third kappa shape index (κ3) is 4.73. The zero-order valence-corrected chi connectivity index (χ0v) is 17.8. The van der Waals surface area contributed by atoms with E-state index in [-0.39, 0.29) is 18.7 Å². The van der Waals surface area contributed by atoms with Gasteiger partial charge in [0.25, 0.3) is 5.91 Å². The Morgan fingerprint density at radius 1 is 1.03 bits per heavy atom. The van der Waals surface area contributed by atoms with Gasteiger partial charge in [0.2, 0.25) is 5.91 Å². The molecule has 1 spiro atoms. The largest absolute Gasteiger partial charge is 0.416 e. The molecule has 4 rings (SSSR count). The van der Waals surface area contributed by atoms with Crippen LogP contribution < -0.4 is 5.32 Å². The molecule has 1 atom stereocenters. The molecule has 0 unspecified atom stereocenters. The van der Waals surface area contributed by atoms with Gasteiger partial charge in [0, 0.05) is 17.7 Å². The molecule has 0 radical (unpaired) electrons. The predicted octanol–water partition coefficient (Wildman–Crippen LogP) is 4.66. The molecule has 1 heterocycles. The Morgan fingerprint density at radius 2 is 1.70 bits per heavy atom. The van der Waals surface area contributed by atoms with E-state index in [9.17, 15) is 27.2 Å². The lowest BCUT2D eigenvalue weighted by atomic mass is 9.89. The number of alkyl halides is 3. The second-order valence-electron chi connectivity index (χ2n) is 8.39. The Labute approximate surface area is 188 Å². The van der Waals surface area contributed by atoms with Crippen molar-refractivity contribution in [3.05, 3.63) is 71.0 Å². The summed E-state index contributed by atoms with van der Waals surface area (Å²) in [5, 5.41) is 2.67. The normalized spacial score (nSPS) is 20.1. The maximum atomic E-state index is 13.9. The van der Waals surface area contributed by atoms with Crippen LogP contribution in [0.2, 0.25) is 0 Å².